The lowest BCUT2D eigenvalue weighted by Crippen LogP contribution is -2.15. The van der Waals surface area contributed by atoms with Gasteiger partial charge in [0.1, 0.15) is 6.17 Å². The zero-order chi connectivity index (χ0) is 20.3. The molecule has 0 bridgehead atoms. The molecule has 1 aromatic carbocycles. The third kappa shape index (κ3) is 2.77. The lowest BCUT2D eigenvalue weighted by Gasteiger charge is -2.10. The van der Waals surface area contributed by atoms with Gasteiger partial charge in [-0.1, -0.05) is 24.3 Å². The summed E-state index contributed by atoms with van der Waals surface area (Å²) >= 11 is 6.31. The first kappa shape index (κ1) is 17.7. The van der Waals surface area contributed by atoms with Crippen LogP contribution in [0.25, 0.3) is 33.9 Å². The molecule has 29 heavy (non-hydrogen) atoms. The summed E-state index contributed by atoms with van der Waals surface area (Å²) in [5.41, 5.74) is 1.91. The second kappa shape index (κ2) is 6.35. The molecule has 146 valence electrons. The van der Waals surface area contributed by atoms with Crippen LogP contribution >= 0.6 is 11.6 Å². The van der Waals surface area contributed by atoms with E-state index < -0.39 is 23.8 Å². The van der Waals surface area contributed by atoms with Crippen molar-refractivity contribution in [3.05, 3.63) is 47.8 Å². The first-order valence-electron chi connectivity index (χ1n) is 8.74. The minimum atomic E-state index is -1.09. The molecule has 2 atom stereocenters. The number of fused-ring (bicyclic) bond motifs is 2. The summed E-state index contributed by atoms with van der Waals surface area (Å²) in [6.07, 6.45) is 6.72. The van der Waals surface area contributed by atoms with Crippen LogP contribution < -0.4 is 5.32 Å². The predicted molar refractivity (Wildman–Crippen MR) is 105 cm³/mol. The van der Waals surface area contributed by atoms with Crippen LogP contribution in [0.1, 0.15) is 12.0 Å². The number of aromatic amines is 1. The first-order valence-corrected chi connectivity index (χ1v) is 9.12. The highest BCUT2D eigenvalue weighted by molar-refractivity contribution is 6.35. The molecule has 1 amide bonds. The van der Waals surface area contributed by atoms with Crippen molar-refractivity contribution in [2.24, 2.45) is 5.92 Å². The van der Waals surface area contributed by atoms with E-state index in [9.17, 15) is 13.6 Å². The molecule has 0 aliphatic heterocycles. The predicted octanol–water partition coefficient (Wildman–Crippen LogP) is 4.00. The number of aromatic nitrogens is 5. The van der Waals surface area contributed by atoms with E-state index in [1.807, 2.05) is 0 Å². The number of nitrogens with one attached hydrogen (secondary N) is 2. The number of hydrogen-bond donors (Lipinski definition) is 2. The third-order valence-corrected chi connectivity index (χ3v) is 5.28. The fraction of sp³-hybridized carbons (Fsp3) is 0.158. The molecule has 0 unspecified atom stereocenters. The number of alkyl halides is 1. The highest BCUT2D eigenvalue weighted by Gasteiger charge is 2.43. The van der Waals surface area contributed by atoms with Gasteiger partial charge >= 0.3 is 0 Å². The van der Waals surface area contributed by atoms with Crippen molar-refractivity contribution in [1.29, 1.82) is 0 Å². The minimum Gasteiger partial charge on any atom is -0.309 e. The van der Waals surface area contributed by atoms with Crippen LogP contribution in [0, 0.1) is 11.7 Å². The number of carbonyl (C=O) groups is 1. The van der Waals surface area contributed by atoms with Gasteiger partial charge in [-0.05, 0) is 6.42 Å². The average Bonchev–Trinajstić information content (AvgIpc) is 3.08. The average molecular weight is 415 g/mol. The molecule has 7 nitrogen and oxygen atoms in total. The maximum absolute atomic E-state index is 14.8. The van der Waals surface area contributed by atoms with Gasteiger partial charge < -0.3 is 9.72 Å². The summed E-state index contributed by atoms with van der Waals surface area (Å²) in [6.45, 7) is 3.62. The van der Waals surface area contributed by atoms with Gasteiger partial charge in [-0.2, -0.15) is 5.10 Å². The summed E-state index contributed by atoms with van der Waals surface area (Å²) in [6, 6.07) is 0. The third-order valence-electron chi connectivity index (χ3n) is 4.93. The molecule has 10 heteroatoms. The fourth-order valence-electron chi connectivity index (χ4n) is 3.32. The van der Waals surface area contributed by atoms with Crippen molar-refractivity contribution in [2.45, 2.75) is 12.6 Å². The molecular weight excluding hydrogens is 402 g/mol. The topological polar surface area (TPSA) is 88.0 Å². The van der Waals surface area contributed by atoms with Gasteiger partial charge in [0.05, 0.1) is 40.7 Å². The number of amides is 1. The second-order valence-electron chi connectivity index (χ2n) is 6.79. The van der Waals surface area contributed by atoms with E-state index in [1.54, 1.807) is 16.8 Å². The van der Waals surface area contributed by atoms with Crippen LogP contribution in [0.5, 0.6) is 0 Å². The van der Waals surface area contributed by atoms with E-state index in [2.05, 4.69) is 32.1 Å². The van der Waals surface area contributed by atoms with Crippen LogP contribution in [0.15, 0.2) is 31.4 Å². The quantitative estimate of drug-likeness (QED) is 0.528. The molecule has 3 heterocycles. The monoisotopic (exact) mass is 414 g/mol. The van der Waals surface area contributed by atoms with Gasteiger partial charge in [0.15, 0.2) is 17.3 Å². The Morgan fingerprint density at radius 2 is 2.21 bits per heavy atom. The molecule has 2 N–H and O–H groups in total. The summed E-state index contributed by atoms with van der Waals surface area (Å²) < 4.78 is 29.4. The molecule has 0 spiro atoms. The van der Waals surface area contributed by atoms with Crippen LogP contribution in [-0.4, -0.2) is 36.6 Å². The van der Waals surface area contributed by atoms with Gasteiger partial charge in [0.25, 0.3) is 0 Å². The molecule has 0 radical (unpaired) electrons. The molecule has 1 aliphatic rings. The Bertz CT molecular complexity index is 1310. The molecule has 4 aromatic rings. The molecule has 3 aromatic heterocycles. The van der Waals surface area contributed by atoms with Crippen molar-refractivity contribution in [2.75, 3.05) is 5.32 Å². The van der Waals surface area contributed by atoms with Crippen molar-refractivity contribution in [3.8, 4) is 11.3 Å². The normalized spacial score (nSPS) is 18.3. The maximum Gasteiger partial charge on any atom is 0.231 e. The number of benzene rings is 1. The lowest BCUT2D eigenvalue weighted by atomic mass is 10.0. The van der Waals surface area contributed by atoms with E-state index >= 15 is 0 Å². The lowest BCUT2D eigenvalue weighted by molar-refractivity contribution is -0.117. The Hall–Kier alpha value is -3.33. The van der Waals surface area contributed by atoms with Crippen molar-refractivity contribution in [1.82, 2.24) is 24.6 Å². The van der Waals surface area contributed by atoms with Gasteiger partial charge in [-0.3, -0.25) is 14.9 Å². The number of H-pyrrole nitrogens is 1. The maximum atomic E-state index is 14.8. The molecule has 0 saturated heterocycles. The van der Waals surface area contributed by atoms with E-state index in [4.69, 9.17) is 11.6 Å². The zero-order valence-corrected chi connectivity index (χ0v) is 15.5. The van der Waals surface area contributed by atoms with E-state index in [-0.39, 0.29) is 22.8 Å². The number of carbonyl (C=O) groups excluding carboxylic acids is 1. The Morgan fingerprint density at radius 1 is 1.41 bits per heavy atom. The molecule has 1 fully saturated rings. The first-order chi connectivity index (χ1) is 14.0. The number of anilines is 1. The molecule has 1 aliphatic carbocycles. The molecule has 5 rings (SSSR count). The van der Waals surface area contributed by atoms with E-state index in [0.29, 0.717) is 27.8 Å². The van der Waals surface area contributed by atoms with E-state index in [0.717, 1.165) is 0 Å². The van der Waals surface area contributed by atoms with Crippen LogP contribution in [0.4, 0.5) is 14.6 Å². The number of rotatable bonds is 4. The zero-order valence-electron chi connectivity index (χ0n) is 14.8. The van der Waals surface area contributed by atoms with Gasteiger partial charge in [0, 0.05) is 22.7 Å². The van der Waals surface area contributed by atoms with E-state index in [1.165, 1.54) is 18.5 Å². The number of nitrogens with zero attached hydrogens (tertiary/aromatic N) is 4. The second-order valence-corrected chi connectivity index (χ2v) is 7.17. The smallest absolute Gasteiger partial charge is 0.231 e. The highest BCUT2D eigenvalue weighted by Crippen LogP contribution is 2.39. The summed E-state index contributed by atoms with van der Waals surface area (Å²) in [5, 5.41) is 9.82. The Morgan fingerprint density at radius 3 is 2.93 bits per heavy atom. The minimum absolute atomic E-state index is 0.1000. The number of halogens is 3. The SMILES string of the molecule is C=Cc1c(F)c(Cl)c(-c2cn3cc(NC(=O)[C@@H]4C[C@@H]4F)nc3cn2)c2cn[nH]c12. The fourth-order valence-corrected chi connectivity index (χ4v) is 3.62. The van der Waals surface area contributed by atoms with Crippen LogP contribution in [0.2, 0.25) is 5.02 Å². The van der Waals surface area contributed by atoms with Crippen LogP contribution in [-0.2, 0) is 4.79 Å². The van der Waals surface area contributed by atoms with Crippen molar-refractivity contribution < 1.29 is 13.6 Å². The van der Waals surface area contributed by atoms with Gasteiger partial charge in [0.2, 0.25) is 5.91 Å². The van der Waals surface area contributed by atoms with Crippen molar-refractivity contribution in [3.63, 3.8) is 0 Å². The van der Waals surface area contributed by atoms with Gasteiger partial charge in [-0.15, -0.1) is 0 Å². The standard InChI is InChI=1S/C19H13ClF2N6O/c1-2-8-17(22)16(20)15(10-4-24-27-18(8)10)12-6-28-7-13(25-14(28)5-23-12)26-19(29)9-3-11(9)21/h2,4-7,9,11H,1,3H2,(H,24,27)(H,26,29)/t9-,11+/m1/s1. The summed E-state index contributed by atoms with van der Waals surface area (Å²) in [7, 11) is 0. The molecular formula is C19H13ClF2N6O. The Balaban J connectivity index is 1.59. The molecule has 1 saturated carbocycles. The Labute approximate surface area is 167 Å². The van der Waals surface area contributed by atoms with Gasteiger partial charge in [-0.25, -0.2) is 13.8 Å². The van der Waals surface area contributed by atoms with Crippen LogP contribution in [0.3, 0.4) is 0 Å². The highest BCUT2D eigenvalue weighted by atomic mass is 35.5. The summed E-state index contributed by atoms with van der Waals surface area (Å²) in [4.78, 5) is 20.5. The Kier molecular flexibility index (Phi) is 3.88. The number of hydrogen-bond acceptors (Lipinski definition) is 4. The summed E-state index contributed by atoms with van der Waals surface area (Å²) in [5.74, 6) is -1.37. The van der Waals surface area contributed by atoms with Crippen molar-refractivity contribution >= 4 is 46.0 Å². The number of imidazole rings is 1. The largest absolute Gasteiger partial charge is 0.309 e.